The van der Waals surface area contributed by atoms with Gasteiger partial charge in [-0.05, 0) is 66.6 Å². The summed E-state index contributed by atoms with van der Waals surface area (Å²) in [6.45, 7) is 1.99. The third-order valence-corrected chi connectivity index (χ3v) is 6.06. The van der Waals surface area contributed by atoms with Gasteiger partial charge in [0.1, 0.15) is 17.5 Å². The normalized spacial score (nSPS) is 13.3. The van der Waals surface area contributed by atoms with E-state index in [1.807, 2.05) is 61.5 Å². The van der Waals surface area contributed by atoms with Crippen LogP contribution in [0.2, 0.25) is 0 Å². The highest BCUT2D eigenvalue weighted by Gasteiger charge is 2.42. The minimum atomic E-state index is -1.01. The Morgan fingerprint density at radius 2 is 1.42 bits per heavy atom. The summed E-state index contributed by atoms with van der Waals surface area (Å²) in [7, 11) is 0. The molecule has 1 atom stereocenters. The van der Waals surface area contributed by atoms with Crippen molar-refractivity contribution in [2.24, 2.45) is 0 Å². The Labute approximate surface area is 209 Å². The molecular weight excluding hydrogens is 452 g/mol. The molecule has 4 aromatic rings. The van der Waals surface area contributed by atoms with E-state index in [0.717, 1.165) is 21.8 Å². The van der Waals surface area contributed by atoms with Gasteiger partial charge >= 0.3 is 0 Å². The molecule has 0 bridgehead atoms. The number of carbonyl (C=O) groups is 3. The zero-order valence-corrected chi connectivity index (χ0v) is 19.7. The molecule has 1 N–H and O–H groups in total. The van der Waals surface area contributed by atoms with Crippen LogP contribution >= 0.6 is 0 Å². The molecule has 36 heavy (non-hydrogen) atoms. The minimum Gasteiger partial charge on any atom is -0.457 e. The maximum absolute atomic E-state index is 13.5. The summed E-state index contributed by atoms with van der Waals surface area (Å²) in [5, 5.41) is 2.87. The van der Waals surface area contributed by atoms with Crippen LogP contribution in [0.4, 0.5) is 5.69 Å². The van der Waals surface area contributed by atoms with E-state index in [-0.39, 0.29) is 6.42 Å². The molecule has 4 aromatic carbocycles. The SMILES string of the molecule is Cc1cccc(Oc2ccc(NC(=O)[C@@H](Cc3ccccc3)N3C(=O)c4ccccc4C3=O)cc2)c1. The highest BCUT2D eigenvalue weighted by atomic mass is 16.5. The number of ether oxygens (including phenoxy) is 1. The molecule has 1 heterocycles. The standard InChI is InChI=1S/C30H24N2O4/c1-20-8-7-11-24(18-20)36-23-16-14-22(15-17-23)31-28(33)27(19-21-9-3-2-4-10-21)32-29(34)25-12-5-6-13-26(25)30(32)35/h2-18,27H,19H2,1H3,(H,31,33)/t27-/m1/s1. The molecule has 0 saturated carbocycles. The van der Waals surface area contributed by atoms with Gasteiger partial charge in [-0.1, -0.05) is 54.6 Å². The second-order valence-corrected chi connectivity index (χ2v) is 8.66. The van der Waals surface area contributed by atoms with Crippen LogP contribution in [0, 0.1) is 6.92 Å². The predicted octanol–water partition coefficient (Wildman–Crippen LogP) is 5.63. The van der Waals surface area contributed by atoms with Crippen molar-refractivity contribution < 1.29 is 19.1 Å². The molecule has 0 fully saturated rings. The van der Waals surface area contributed by atoms with E-state index in [4.69, 9.17) is 4.74 Å². The van der Waals surface area contributed by atoms with Crippen molar-refractivity contribution >= 4 is 23.4 Å². The van der Waals surface area contributed by atoms with E-state index < -0.39 is 23.8 Å². The molecule has 6 heteroatoms. The molecule has 0 radical (unpaired) electrons. The summed E-state index contributed by atoms with van der Waals surface area (Å²) in [5.41, 5.74) is 3.09. The summed E-state index contributed by atoms with van der Waals surface area (Å²) in [5.74, 6) is -0.0250. The van der Waals surface area contributed by atoms with E-state index in [0.29, 0.717) is 22.6 Å². The van der Waals surface area contributed by atoms with Gasteiger partial charge in [0.15, 0.2) is 0 Å². The number of rotatable bonds is 7. The Morgan fingerprint density at radius 3 is 2.06 bits per heavy atom. The predicted molar refractivity (Wildman–Crippen MR) is 137 cm³/mol. The van der Waals surface area contributed by atoms with E-state index in [1.165, 1.54) is 0 Å². The van der Waals surface area contributed by atoms with Crippen molar-refractivity contribution in [3.63, 3.8) is 0 Å². The molecular formula is C30H24N2O4. The van der Waals surface area contributed by atoms with Crippen molar-refractivity contribution in [2.75, 3.05) is 5.32 Å². The number of nitrogens with one attached hydrogen (secondary N) is 1. The van der Waals surface area contributed by atoms with E-state index >= 15 is 0 Å². The lowest BCUT2D eigenvalue weighted by Crippen LogP contribution is -2.48. The number of anilines is 1. The van der Waals surface area contributed by atoms with Crippen molar-refractivity contribution in [3.05, 3.63) is 125 Å². The zero-order valence-electron chi connectivity index (χ0n) is 19.7. The fourth-order valence-corrected chi connectivity index (χ4v) is 4.28. The zero-order chi connectivity index (χ0) is 25.1. The van der Waals surface area contributed by atoms with E-state index in [2.05, 4.69) is 5.32 Å². The highest BCUT2D eigenvalue weighted by Crippen LogP contribution is 2.28. The Morgan fingerprint density at radius 1 is 0.778 bits per heavy atom. The molecule has 0 saturated heterocycles. The highest BCUT2D eigenvalue weighted by molar-refractivity contribution is 6.23. The quantitative estimate of drug-likeness (QED) is 0.351. The number of fused-ring (bicyclic) bond motifs is 1. The fourth-order valence-electron chi connectivity index (χ4n) is 4.28. The van der Waals surface area contributed by atoms with Gasteiger partial charge in [-0.3, -0.25) is 19.3 Å². The van der Waals surface area contributed by atoms with E-state index in [1.54, 1.807) is 48.5 Å². The van der Waals surface area contributed by atoms with Crippen LogP contribution in [0.1, 0.15) is 31.8 Å². The number of hydrogen-bond acceptors (Lipinski definition) is 4. The third kappa shape index (κ3) is 4.74. The lowest BCUT2D eigenvalue weighted by Gasteiger charge is -2.25. The molecule has 0 spiro atoms. The Bertz CT molecular complexity index is 1400. The van der Waals surface area contributed by atoms with Crippen molar-refractivity contribution in [1.82, 2.24) is 4.90 Å². The summed E-state index contributed by atoms with van der Waals surface area (Å²) in [6.07, 6.45) is 0.201. The van der Waals surface area contributed by atoms with Gasteiger partial charge in [0.05, 0.1) is 11.1 Å². The number of benzene rings is 4. The van der Waals surface area contributed by atoms with Gasteiger partial charge in [-0.15, -0.1) is 0 Å². The van der Waals surface area contributed by atoms with Crippen LogP contribution < -0.4 is 10.1 Å². The number of imide groups is 1. The summed E-state index contributed by atoms with van der Waals surface area (Å²) in [4.78, 5) is 40.8. The smallest absolute Gasteiger partial charge is 0.262 e. The monoisotopic (exact) mass is 476 g/mol. The Balaban J connectivity index is 1.37. The molecule has 3 amide bonds. The van der Waals surface area contributed by atoms with Crippen LogP contribution in [-0.4, -0.2) is 28.7 Å². The lowest BCUT2D eigenvalue weighted by atomic mass is 10.0. The van der Waals surface area contributed by atoms with Crippen LogP contribution in [0.5, 0.6) is 11.5 Å². The van der Waals surface area contributed by atoms with Gasteiger partial charge < -0.3 is 10.1 Å². The average Bonchev–Trinajstić information content (AvgIpc) is 3.14. The van der Waals surface area contributed by atoms with Gasteiger partial charge in [-0.2, -0.15) is 0 Å². The van der Waals surface area contributed by atoms with Crippen molar-refractivity contribution in [1.29, 1.82) is 0 Å². The van der Waals surface area contributed by atoms with Crippen LogP contribution in [-0.2, 0) is 11.2 Å². The van der Waals surface area contributed by atoms with Crippen molar-refractivity contribution in [3.8, 4) is 11.5 Å². The largest absolute Gasteiger partial charge is 0.457 e. The Hall–Kier alpha value is -4.71. The maximum atomic E-state index is 13.5. The summed E-state index contributed by atoms with van der Waals surface area (Å²) < 4.78 is 5.88. The Kier molecular flexibility index (Phi) is 6.33. The number of nitrogens with zero attached hydrogens (tertiary/aromatic N) is 1. The fraction of sp³-hybridized carbons (Fsp3) is 0.100. The molecule has 5 rings (SSSR count). The van der Waals surface area contributed by atoms with E-state index in [9.17, 15) is 14.4 Å². The second-order valence-electron chi connectivity index (χ2n) is 8.66. The number of hydrogen-bond donors (Lipinski definition) is 1. The van der Waals surface area contributed by atoms with Gasteiger partial charge in [0, 0.05) is 12.1 Å². The maximum Gasteiger partial charge on any atom is 0.262 e. The first-order chi connectivity index (χ1) is 17.5. The molecule has 1 aliphatic heterocycles. The molecule has 0 aliphatic carbocycles. The third-order valence-electron chi connectivity index (χ3n) is 6.06. The average molecular weight is 477 g/mol. The summed E-state index contributed by atoms with van der Waals surface area (Å²) >= 11 is 0. The molecule has 1 aliphatic rings. The second kappa shape index (κ2) is 9.88. The van der Waals surface area contributed by atoms with Gasteiger partial charge in [-0.25, -0.2) is 0 Å². The van der Waals surface area contributed by atoms with Gasteiger partial charge in [0.2, 0.25) is 5.91 Å². The molecule has 0 unspecified atom stereocenters. The van der Waals surface area contributed by atoms with Crippen LogP contribution in [0.3, 0.4) is 0 Å². The molecule has 0 aromatic heterocycles. The van der Waals surface area contributed by atoms with Crippen molar-refractivity contribution in [2.45, 2.75) is 19.4 Å². The minimum absolute atomic E-state index is 0.201. The molecule has 6 nitrogen and oxygen atoms in total. The number of aryl methyl sites for hydroxylation is 1. The van der Waals surface area contributed by atoms with Crippen LogP contribution in [0.15, 0.2) is 103 Å². The van der Waals surface area contributed by atoms with Gasteiger partial charge in [0.25, 0.3) is 11.8 Å². The van der Waals surface area contributed by atoms with Crippen LogP contribution in [0.25, 0.3) is 0 Å². The molecule has 178 valence electrons. The topological polar surface area (TPSA) is 75.7 Å². The lowest BCUT2D eigenvalue weighted by molar-refractivity contribution is -0.119. The number of carbonyl (C=O) groups excluding carboxylic acids is 3. The summed E-state index contributed by atoms with van der Waals surface area (Å²) in [6, 6.07) is 29.7. The first kappa shape index (κ1) is 23.1. The first-order valence-corrected chi connectivity index (χ1v) is 11.7. The first-order valence-electron chi connectivity index (χ1n) is 11.7. The number of amides is 3.